The van der Waals surface area contributed by atoms with Gasteiger partial charge in [-0.3, -0.25) is 0 Å². The second-order valence-electron chi connectivity index (χ2n) is 3.99. The maximum atomic E-state index is 10.7. The van der Waals surface area contributed by atoms with Crippen LogP contribution in [0.15, 0.2) is 28.8 Å². The Kier molecular flexibility index (Phi) is 2.91. The van der Waals surface area contributed by atoms with Crippen molar-refractivity contribution in [2.75, 3.05) is 0 Å². The van der Waals surface area contributed by atoms with Gasteiger partial charge in [-0.2, -0.15) is 4.98 Å². The molecule has 0 aliphatic heterocycles. The molecule has 0 atom stereocenters. The highest BCUT2D eigenvalue weighted by Crippen LogP contribution is 2.20. The summed E-state index contributed by atoms with van der Waals surface area (Å²) in [5.41, 5.74) is 0.951. The number of carboxylic acids is 1. The van der Waals surface area contributed by atoms with Crippen molar-refractivity contribution in [1.29, 1.82) is 0 Å². The Labute approximate surface area is 98.1 Å². The molecule has 0 fully saturated rings. The Morgan fingerprint density at radius 1 is 1.29 bits per heavy atom. The van der Waals surface area contributed by atoms with E-state index in [0.29, 0.717) is 11.7 Å². The van der Waals surface area contributed by atoms with E-state index in [1.54, 1.807) is 12.1 Å². The summed E-state index contributed by atoms with van der Waals surface area (Å²) in [4.78, 5) is 14.9. The fourth-order valence-corrected chi connectivity index (χ4v) is 1.34. The van der Waals surface area contributed by atoms with E-state index in [9.17, 15) is 4.79 Å². The Morgan fingerprint density at radius 2 is 1.94 bits per heavy atom. The summed E-state index contributed by atoms with van der Waals surface area (Å²) in [6, 6.07) is 6.33. The normalized spacial score (nSPS) is 10.8. The van der Waals surface area contributed by atoms with Gasteiger partial charge in [-0.15, -0.1) is 0 Å². The summed E-state index contributed by atoms with van der Waals surface area (Å²) in [6.07, 6.45) is 0. The minimum Gasteiger partial charge on any atom is -0.478 e. The van der Waals surface area contributed by atoms with E-state index < -0.39 is 5.97 Å². The lowest BCUT2D eigenvalue weighted by Crippen LogP contribution is -1.95. The first-order valence-electron chi connectivity index (χ1n) is 5.25. The van der Waals surface area contributed by atoms with Crippen molar-refractivity contribution in [2.24, 2.45) is 0 Å². The summed E-state index contributed by atoms with van der Waals surface area (Å²) in [5.74, 6) is 0.295. The van der Waals surface area contributed by atoms with Crippen molar-refractivity contribution in [2.45, 2.75) is 19.8 Å². The molecule has 0 spiro atoms. The molecule has 2 rings (SSSR count). The largest absolute Gasteiger partial charge is 0.478 e. The molecule has 17 heavy (non-hydrogen) atoms. The molecular weight excluding hydrogens is 220 g/mol. The van der Waals surface area contributed by atoms with Crippen LogP contribution in [0.4, 0.5) is 0 Å². The van der Waals surface area contributed by atoms with Gasteiger partial charge in [-0.25, -0.2) is 4.79 Å². The predicted molar refractivity (Wildman–Crippen MR) is 60.8 cm³/mol. The zero-order valence-corrected chi connectivity index (χ0v) is 9.54. The van der Waals surface area contributed by atoms with Gasteiger partial charge in [0.15, 0.2) is 5.82 Å². The van der Waals surface area contributed by atoms with E-state index in [0.717, 1.165) is 5.56 Å². The standard InChI is InChI=1S/C12H12N2O3/c1-7(2)10-13-11(17-14-10)8-3-5-9(6-4-8)12(15)16/h3-7H,1-2H3,(H,15,16). The lowest BCUT2D eigenvalue weighted by atomic mass is 10.1. The molecule has 0 radical (unpaired) electrons. The van der Waals surface area contributed by atoms with E-state index in [-0.39, 0.29) is 11.5 Å². The van der Waals surface area contributed by atoms with Crippen molar-refractivity contribution in [3.05, 3.63) is 35.7 Å². The summed E-state index contributed by atoms with van der Waals surface area (Å²) >= 11 is 0. The van der Waals surface area contributed by atoms with Crippen LogP contribution in [0, 0.1) is 0 Å². The first-order chi connectivity index (χ1) is 8.08. The van der Waals surface area contributed by atoms with Gasteiger partial charge in [0.2, 0.25) is 0 Å². The molecule has 0 aliphatic rings. The average molecular weight is 232 g/mol. The molecule has 2 aromatic rings. The maximum absolute atomic E-state index is 10.7. The Morgan fingerprint density at radius 3 is 2.41 bits per heavy atom. The van der Waals surface area contributed by atoms with Crippen LogP contribution < -0.4 is 0 Å². The zero-order valence-electron chi connectivity index (χ0n) is 9.54. The number of nitrogens with zero attached hydrogens (tertiary/aromatic N) is 2. The van der Waals surface area contributed by atoms with Gasteiger partial charge in [0.25, 0.3) is 5.89 Å². The smallest absolute Gasteiger partial charge is 0.335 e. The SMILES string of the molecule is CC(C)c1noc(-c2ccc(C(=O)O)cc2)n1. The third-order valence-electron chi connectivity index (χ3n) is 2.34. The lowest BCUT2D eigenvalue weighted by molar-refractivity contribution is 0.0697. The molecule has 5 nitrogen and oxygen atoms in total. The van der Waals surface area contributed by atoms with Crippen LogP contribution in [-0.2, 0) is 0 Å². The van der Waals surface area contributed by atoms with Crippen LogP contribution in [0.1, 0.15) is 35.9 Å². The molecule has 0 aliphatic carbocycles. The third kappa shape index (κ3) is 2.33. The third-order valence-corrected chi connectivity index (χ3v) is 2.34. The van der Waals surface area contributed by atoms with E-state index in [1.165, 1.54) is 12.1 Å². The summed E-state index contributed by atoms with van der Waals surface area (Å²) < 4.78 is 5.10. The molecule has 0 saturated heterocycles. The van der Waals surface area contributed by atoms with Gasteiger partial charge in [0.1, 0.15) is 0 Å². The van der Waals surface area contributed by atoms with Gasteiger partial charge in [-0.05, 0) is 24.3 Å². The van der Waals surface area contributed by atoms with Gasteiger partial charge in [-0.1, -0.05) is 19.0 Å². The summed E-state index contributed by atoms with van der Waals surface area (Å²) in [6.45, 7) is 3.95. The molecule has 1 N–H and O–H groups in total. The van der Waals surface area contributed by atoms with Crippen LogP contribution in [0.25, 0.3) is 11.5 Å². The number of aromatic carboxylic acids is 1. The second kappa shape index (κ2) is 4.37. The zero-order chi connectivity index (χ0) is 12.4. The van der Waals surface area contributed by atoms with Crippen LogP contribution >= 0.6 is 0 Å². The Hall–Kier alpha value is -2.17. The molecule has 1 aromatic heterocycles. The molecule has 0 saturated carbocycles. The summed E-state index contributed by atoms with van der Waals surface area (Å²) in [5, 5.41) is 12.6. The number of benzene rings is 1. The fourth-order valence-electron chi connectivity index (χ4n) is 1.34. The minimum atomic E-state index is -0.954. The fraction of sp³-hybridized carbons (Fsp3) is 0.250. The van der Waals surface area contributed by atoms with Crippen molar-refractivity contribution >= 4 is 5.97 Å². The van der Waals surface area contributed by atoms with Gasteiger partial charge < -0.3 is 9.63 Å². The lowest BCUT2D eigenvalue weighted by Gasteiger charge is -1.96. The van der Waals surface area contributed by atoms with Crippen LogP contribution in [-0.4, -0.2) is 21.2 Å². The molecule has 88 valence electrons. The van der Waals surface area contributed by atoms with Gasteiger partial charge in [0.05, 0.1) is 5.56 Å². The molecule has 1 heterocycles. The van der Waals surface area contributed by atoms with Crippen molar-refractivity contribution in [3.63, 3.8) is 0 Å². The van der Waals surface area contributed by atoms with E-state index in [2.05, 4.69) is 10.1 Å². The predicted octanol–water partition coefficient (Wildman–Crippen LogP) is 2.56. The summed E-state index contributed by atoms with van der Waals surface area (Å²) in [7, 11) is 0. The van der Waals surface area contributed by atoms with Crippen LogP contribution in [0.3, 0.4) is 0 Å². The molecular formula is C12H12N2O3. The average Bonchev–Trinajstić information content (AvgIpc) is 2.78. The highest BCUT2D eigenvalue weighted by Gasteiger charge is 2.11. The van der Waals surface area contributed by atoms with Crippen LogP contribution in [0.5, 0.6) is 0 Å². The molecule has 1 aromatic carbocycles. The number of carbonyl (C=O) groups is 1. The van der Waals surface area contributed by atoms with E-state index in [4.69, 9.17) is 9.63 Å². The molecule has 0 unspecified atom stereocenters. The van der Waals surface area contributed by atoms with Crippen molar-refractivity contribution in [1.82, 2.24) is 10.1 Å². The highest BCUT2D eigenvalue weighted by molar-refractivity contribution is 5.88. The Bertz CT molecular complexity index is 529. The van der Waals surface area contributed by atoms with Crippen LogP contribution in [0.2, 0.25) is 0 Å². The number of hydrogen-bond donors (Lipinski definition) is 1. The van der Waals surface area contributed by atoms with E-state index in [1.807, 2.05) is 13.8 Å². The first-order valence-corrected chi connectivity index (χ1v) is 5.25. The number of aromatic nitrogens is 2. The number of hydrogen-bond acceptors (Lipinski definition) is 4. The van der Waals surface area contributed by atoms with Gasteiger partial charge in [0, 0.05) is 11.5 Å². The number of rotatable bonds is 3. The topological polar surface area (TPSA) is 76.2 Å². The molecule has 5 heteroatoms. The Balaban J connectivity index is 2.30. The minimum absolute atomic E-state index is 0.200. The molecule has 0 bridgehead atoms. The highest BCUT2D eigenvalue weighted by atomic mass is 16.5. The van der Waals surface area contributed by atoms with Gasteiger partial charge >= 0.3 is 5.97 Å². The second-order valence-corrected chi connectivity index (χ2v) is 3.99. The quantitative estimate of drug-likeness (QED) is 0.880. The van der Waals surface area contributed by atoms with Crippen molar-refractivity contribution < 1.29 is 14.4 Å². The van der Waals surface area contributed by atoms with Crippen molar-refractivity contribution in [3.8, 4) is 11.5 Å². The number of carboxylic acid groups (broad SMARTS) is 1. The molecule has 0 amide bonds. The monoisotopic (exact) mass is 232 g/mol. The first kappa shape index (κ1) is 11.3. The maximum Gasteiger partial charge on any atom is 0.335 e. The van der Waals surface area contributed by atoms with E-state index >= 15 is 0 Å².